The molecule has 0 saturated carbocycles. The number of halogens is 1. The Morgan fingerprint density at radius 3 is 2.74 bits per heavy atom. The number of rotatable bonds is 7. The number of nitrogens with one attached hydrogen (secondary N) is 1. The smallest absolute Gasteiger partial charge is 0.119 e. The van der Waals surface area contributed by atoms with Crippen molar-refractivity contribution in [3.8, 4) is 5.75 Å². The van der Waals surface area contributed by atoms with Crippen molar-refractivity contribution in [2.24, 2.45) is 5.92 Å². The number of anilines is 1. The second kappa shape index (κ2) is 8.39. The fraction of sp³-hybridized carbons (Fsp3) is 0.417. The third-order valence-electron chi connectivity index (χ3n) is 5.83. The van der Waals surface area contributed by atoms with Crippen LogP contribution in [0.3, 0.4) is 0 Å². The van der Waals surface area contributed by atoms with Gasteiger partial charge in [0.15, 0.2) is 0 Å². The molecule has 142 valence electrons. The van der Waals surface area contributed by atoms with Gasteiger partial charge in [-0.3, -0.25) is 0 Å². The number of allylic oxidation sites excluding steroid dienone is 2. The lowest BCUT2D eigenvalue weighted by molar-refractivity contribution is 0.304. The van der Waals surface area contributed by atoms with Crippen molar-refractivity contribution in [3.63, 3.8) is 0 Å². The summed E-state index contributed by atoms with van der Waals surface area (Å²) in [5, 5.41) is 4.57. The fourth-order valence-electron chi connectivity index (χ4n) is 4.38. The van der Waals surface area contributed by atoms with Gasteiger partial charge in [-0.15, -0.1) is 0 Å². The van der Waals surface area contributed by atoms with Gasteiger partial charge in [0.2, 0.25) is 0 Å². The normalized spacial score (nSPS) is 22.8. The molecule has 27 heavy (non-hydrogen) atoms. The van der Waals surface area contributed by atoms with Gasteiger partial charge in [-0.2, -0.15) is 0 Å². The minimum Gasteiger partial charge on any atom is -0.494 e. The lowest BCUT2D eigenvalue weighted by Crippen LogP contribution is -2.29. The molecule has 1 heterocycles. The van der Waals surface area contributed by atoms with Crippen LogP contribution in [0.1, 0.15) is 62.1 Å². The van der Waals surface area contributed by atoms with Gasteiger partial charge in [-0.05, 0) is 60.2 Å². The first-order valence-corrected chi connectivity index (χ1v) is 10.6. The molecule has 1 N–H and O–H groups in total. The molecule has 0 bridgehead atoms. The van der Waals surface area contributed by atoms with Gasteiger partial charge < -0.3 is 10.1 Å². The monoisotopic (exact) mass is 381 g/mol. The highest BCUT2D eigenvalue weighted by Crippen LogP contribution is 2.50. The maximum atomic E-state index is 6.08. The van der Waals surface area contributed by atoms with Gasteiger partial charge in [-0.25, -0.2) is 0 Å². The fourth-order valence-corrected chi connectivity index (χ4v) is 4.51. The van der Waals surface area contributed by atoms with Crippen molar-refractivity contribution < 1.29 is 4.74 Å². The van der Waals surface area contributed by atoms with E-state index in [4.69, 9.17) is 16.3 Å². The predicted octanol–water partition coefficient (Wildman–Crippen LogP) is 7.13. The van der Waals surface area contributed by atoms with Crippen LogP contribution in [-0.4, -0.2) is 6.61 Å². The van der Waals surface area contributed by atoms with E-state index in [-0.39, 0.29) is 0 Å². The van der Waals surface area contributed by atoms with E-state index < -0.39 is 0 Å². The number of hydrogen-bond donors (Lipinski definition) is 1. The Balaban J connectivity index is 1.52. The van der Waals surface area contributed by atoms with E-state index in [1.165, 1.54) is 36.1 Å². The molecule has 0 aromatic heterocycles. The average Bonchev–Trinajstić information content (AvgIpc) is 3.18. The number of unbranched alkanes of at least 4 members (excludes halogenated alkanes) is 3. The number of hydrogen-bond acceptors (Lipinski definition) is 2. The van der Waals surface area contributed by atoms with Gasteiger partial charge in [0.25, 0.3) is 0 Å². The van der Waals surface area contributed by atoms with Crippen molar-refractivity contribution in [1.82, 2.24) is 0 Å². The van der Waals surface area contributed by atoms with Crippen molar-refractivity contribution in [3.05, 3.63) is 70.8 Å². The average molecular weight is 382 g/mol. The molecule has 1 aliphatic heterocycles. The quantitative estimate of drug-likeness (QED) is 0.407. The second-order valence-electron chi connectivity index (χ2n) is 7.69. The molecule has 0 fully saturated rings. The van der Waals surface area contributed by atoms with Gasteiger partial charge >= 0.3 is 0 Å². The molecule has 0 radical (unpaired) electrons. The second-order valence-corrected chi connectivity index (χ2v) is 8.12. The Kier molecular flexibility index (Phi) is 5.73. The van der Waals surface area contributed by atoms with E-state index in [0.29, 0.717) is 17.9 Å². The zero-order valence-corrected chi connectivity index (χ0v) is 16.7. The van der Waals surface area contributed by atoms with Crippen molar-refractivity contribution >= 4 is 17.3 Å². The van der Waals surface area contributed by atoms with E-state index in [2.05, 4.69) is 54.7 Å². The largest absolute Gasteiger partial charge is 0.494 e. The highest BCUT2D eigenvalue weighted by atomic mass is 35.5. The van der Waals surface area contributed by atoms with Gasteiger partial charge in [0.1, 0.15) is 5.75 Å². The number of benzene rings is 2. The van der Waals surface area contributed by atoms with Crippen LogP contribution in [0.25, 0.3) is 0 Å². The van der Waals surface area contributed by atoms with Crippen LogP contribution in [0.4, 0.5) is 5.69 Å². The summed E-state index contributed by atoms with van der Waals surface area (Å²) in [6.07, 6.45) is 10.7. The molecule has 0 amide bonds. The molecule has 2 aromatic rings. The zero-order chi connectivity index (χ0) is 18.6. The minimum absolute atomic E-state index is 0.315. The topological polar surface area (TPSA) is 21.3 Å². The van der Waals surface area contributed by atoms with Crippen LogP contribution in [-0.2, 0) is 0 Å². The van der Waals surface area contributed by atoms with E-state index in [1.807, 2.05) is 12.1 Å². The van der Waals surface area contributed by atoms with E-state index in [1.54, 1.807) is 0 Å². The first-order chi connectivity index (χ1) is 13.3. The third kappa shape index (κ3) is 4.01. The highest BCUT2D eigenvalue weighted by molar-refractivity contribution is 6.30. The molecule has 2 nitrogen and oxygen atoms in total. The van der Waals surface area contributed by atoms with Crippen LogP contribution in [0.5, 0.6) is 5.75 Å². The number of ether oxygens (including phenoxy) is 1. The first-order valence-electron chi connectivity index (χ1n) is 10.2. The predicted molar refractivity (Wildman–Crippen MR) is 114 cm³/mol. The van der Waals surface area contributed by atoms with E-state index in [0.717, 1.165) is 30.2 Å². The molecule has 2 aromatic carbocycles. The third-order valence-corrected chi connectivity index (χ3v) is 6.08. The van der Waals surface area contributed by atoms with Crippen LogP contribution >= 0.6 is 11.6 Å². The SMILES string of the molecule is CCCCCCOc1ccc2c(c1)C1C=CCC1C(c1ccc(Cl)cc1)N2. The number of fused-ring (bicyclic) bond motifs is 3. The van der Waals surface area contributed by atoms with Crippen LogP contribution < -0.4 is 10.1 Å². The summed E-state index contributed by atoms with van der Waals surface area (Å²) >= 11 is 6.08. The van der Waals surface area contributed by atoms with Crippen LogP contribution in [0, 0.1) is 5.92 Å². The Morgan fingerprint density at radius 1 is 1.07 bits per heavy atom. The lowest BCUT2D eigenvalue weighted by Gasteiger charge is -2.37. The molecule has 0 spiro atoms. The van der Waals surface area contributed by atoms with Crippen molar-refractivity contribution in [2.45, 2.75) is 51.0 Å². The summed E-state index contributed by atoms with van der Waals surface area (Å²) in [4.78, 5) is 0. The molecule has 3 atom stereocenters. The molecule has 1 aliphatic carbocycles. The standard InChI is InChI=1S/C24H28ClNO/c1-2-3-4-5-15-27-19-13-14-23-22(16-19)20-7-6-8-21(20)24(26-23)17-9-11-18(25)12-10-17/h6-7,9-14,16,20-21,24,26H,2-5,8,15H2,1H3. The molecule has 2 aliphatic rings. The van der Waals surface area contributed by atoms with Gasteiger partial charge in [0, 0.05) is 16.6 Å². The van der Waals surface area contributed by atoms with Crippen LogP contribution in [0.2, 0.25) is 5.02 Å². The van der Waals surface area contributed by atoms with E-state index >= 15 is 0 Å². The van der Waals surface area contributed by atoms with Crippen molar-refractivity contribution in [2.75, 3.05) is 11.9 Å². The molecular formula is C24H28ClNO. The molecule has 3 heteroatoms. The summed E-state index contributed by atoms with van der Waals surface area (Å²) in [5.74, 6) is 1.99. The molecule has 3 unspecified atom stereocenters. The molecule has 4 rings (SSSR count). The summed E-state index contributed by atoms with van der Waals surface area (Å²) in [6, 6.07) is 15.1. The summed E-state index contributed by atoms with van der Waals surface area (Å²) in [6.45, 7) is 3.05. The maximum Gasteiger partial charge on any atom is 0.119 e. The highest BCUT2D eigenvalue weighted by Gasteiger charge is 2.37. The Bertz CT molecular complexity index is 799. The van der Waals surface area contributed by atoms with Crippen molar-refractivity contribution in [1.29, 1.82) is 0 Å². The maximum absolute atomic E-state index is 6.08. The molecule has 0 saturated heterocycles. The Labute approximate surface area is 167 Å². The van der Waals surface area contributed by atoms with Gasteiger partial charge in [-0.1, -0.05) is 62.1 Å². The molecular weight excluding hydrogens is 354 g/mol. The van der Waals surface area contributed by atoms with Gasteiger partial charge in [0.05, 0.1) is 12.6 Å². The summed E-state index contributed by atoms with van der Waals surface area (Å²) in [7, 11) is 0. The Hall–Kier alpha value is -1.93. The lowest BCUT2D eigenvalue weighted by atomic mass is 9.77. The minimum atomic E-state index is 0.315. The van der Waals surface area contributed by atoms with Crippen LogP contribution in [0.15, 0.2) is 54.6 Å². The first kappa shape index (κ1) is 18.4. The summed E-state index contributed by atoms with van der Waals surface area (Å²) < 4.78 is 6.03. The Morgan fingerprint density at radius 2 is 1.93 bits per heavy atom. The zero-order valence-electron chi connectivity index (χ0n) is 16.0. The van der Waals surface area contributed by atoms with E-state index in [9.17, 15) is 0 Å². The summed E-state index contributed by atoms with van der Waals surface area (Å²) in [5.41, 5.74) is 3.89.